The summed E-state index contributed by atoms with van der Waals surface area (Å²) in [6, 6.07) is 0.00771. The number of hydrogen-bond acceptors (Lipinski definition) is 8. The van der Waals surface area contributed by atoms with Crippen LogP contribution in [0, 0.1) is 5.92 Å². The monoisotopic (exact) mass is 467 g/mol. The molecule has 0 amide bonds. The number of halogens is 1. The van der Waals surface area contributed by atoms with Crippen LogP contribution in [0.25, 0.3) is 0 Å². The SMILES string of the molecule is C=C/C=C\C(=C)NSN1CCC(n2ncc(NCC3COCCC3O)c(Cl)c2=O)CC1. The minimum Gasteiger partial charge on any atom is -0.393 e. The third-order valence-corrected chi connectivity index (χ3v) is 6.78. The molecule has 10 heteroatoms. The summed E-state index contributed by atoms with van der Waals surface area (Å²) in [6.07, 6.45) is 8.78. The highest BCUT2D eigenvalue weighted by Crippen LogP contribution is 2.26. The Morgan fingerprint density at radius 1 is 1.42 bits per heavy atom. The van der Waals surface area contributed by atoms with Crippen molar-refractivity contribution >= 4 is 29.4 Å². The third-order valence-electron chi connectivity index (χ3n) is 5.44. The van der Waals surface area contributed by atoms with Crippen molar-refractivity contribution in [3.63, 3.8) is 0 Å². The number of aliphatic hydroxyl groups excluding tert-OH is 1. The Bertz CT molecular complexity index is 854. The van der Waals surface area contributed by atoms with Crippen molar-refractivity contribution in [2.24, 2.45) is 5.92 Å². The fourth-order valence-corrected chi connectivity index (χ4v) is 4.48. The summed E-state index contributed by atoms with van der Waals surface area (Å²) in [5, 5.41) is 17.7. The largest absolute Gasteiger partial charge is 0.393 e. The number of ether oxygens (including phenoxy) is 1. The van der Waals surface area contributed by atoms with Gasteiger partial charge in [-0.15, -0.1) is 0 Å². The van der Waals surface area contributed by atoms with Crippen molar-refractivity contribution < 1.29 is 9.84 Å². The van der Waals surface area contributed by atoms with E-state index < -0.39 is 6.10 Å². The van der Waals surface area contributed by atoms with Gasteiger partial charge in [-0.3, -0.25) is 4.79 Å². The number of rotatable bonds is 9. The molecule has 2 aliphatic rings. The minimum absolute atomic E-state index is 0.00771. The molecular formula is C21H30ClN5O3S. The van der Waals surface area contributed by atoms with Crippen molar-refractivity contribution in [2.75, 3.05) is 38.2 Å². The smallest absolute Gasteiger partial charge is 0.287 e. The van der Waals surface area contributed by atoms with Gasteiger partial charge < -0.3 is 19.9 Å². The molecule has 2 fully saturated rings. The number of nitrogens with zero attached hydrogens (tertiary/aromatic N) is 3. The first-order valence-electron chi connectivity index (χ1n) is 10.4. The van der Waals surface area contributed by atoms with E-state index in [4.69, 9.17) is 16.3 Å². The van der Waals surface area contributed by atoms with E-state index in [1.54, 1.807) is 12.3 Å². The molecule has 3 N–H and O–H groups in total. The van der Waals surface area contributed by atoms with Gasteiger partial charge in [0.2, 0.25) is 0 Å². The predicted octanol–water partition coefficient (Wildman–Crippen LogP) is 2.75. The second kappa shape index (κ2) is 11.7. The van der Waals surface area contributed by atoms with E-state index in [9.17, 15) is 9.90 Å². The topological polar surface area (TPSA) is 91.7 Å². The highest BCUT2D eigenvalue weighted by Gasteiger charge is 2.26. The molecule has 1 aromatic rings. The molecule has 1 aromatic heterocycles. The molecule has 2 atom stereocenters. The summed E-state index contributed by atoms with van der Waals surface area (Å²) in [7, 11) is 0. The Kier molecular flexibility index (Phi) is 9.03. The molecule has 0 spiro atoms. The van der Waals surface area contributed by atoms with Gasteiger partial charge in [-0.1, -0.05) is 36.9 Å². The first-order chi connectivity index (χ1) is 15.0. The standard InChI is InChI=1S/C21H30ClN5O3S/c1-3-4-5-15(2)25-31-26-9-6-17(7-10-26)27-21(29)20(22)18(13-24-27)23-12-16-14-30-11-8-19(16)28/h3-5,13,16-17,19,23,25,28H,1-2,6-12,14H2/b5-4-. The van der Waals surface area contributed by atoms with E-state index in [1.807, 2.05) is 12.2 Å². The third kappa shape index (κ3) is 6.60. The molecule has 2 unspecified atom stereocenters. The van der Waals surface area contributed by atoms with E-state index in [2.05, 4.69) is 32.6 Å². The zero-order valence-electron chi connectivity index (χ0n) is 17.5. The number of hydrogen-bond donors (Lipinski definition) is 3. The maximum atomic E-state index is 12.8. The molecule has 8 nitrogen and oxygen atoms in total. The summed E-state index contributed by atoms with van der Waals surface area (Å²) in [5.41, 5.74) is 0.996. The Labute approximate surface area is 192 Å². The quantitative estimate of drug-likeness (QED) is 0.377. The van der Waals surface area contributed by atoms with Crippen molar-refractivity contribution in [1.82, 2.24) is 18.8 Å². The number of aromatic nitrogens is 2. The molecule has 31 heavy (non-hydrogen) atoms. The summed E-state index contributed by atoms with van der Waals surface area (Å²) in [5.74, 6) is -0.0361. The lowest BCUT2D eigenvalue weighted by atomic mass is 9.99. The number of allylic oxidation sites excluding steroid dienone is 3. The lowest BCUT2D eigenvalue weighted by molar-refractivity contribution is -0.0302. The molecular weight excluding hydrogens is 438 g/mol. The number of aliphatic hydroxyl groups is 1. The maximum absolute atomic E-state index is 12.8. The first kappa shape index (κ1) is 23.9. The average Bonchev–Trinajstić information content (AvgIpc) is 2.78. The minimum atomic E-state index is -0.416. The first-order valence-corrected chi connectivity index (χ1v) is 11.6. The van der Waals surface area contributed by atoms with Crippen molar-refractivity contribution in [3.05, 3.63) is 58.7 Å². The molecule has 2 aliphatic heterocycles. The van der Waals surface area contributed by atoms with Crippen LogP contribution in [0.15, 0.2) is 48.1 Å². The predicted molar refractivity (Wildman–Crippen MR) is 126 cm³/mol. The van der Waals surface area contributed by atoms with E-state index in [1.165, 1.54) is 16.8 Å². The Morgan fingerprint density at radius 2 is 2.19 bits per heavy atom. The van der Waals surface area contributed by atoms with Crippen LogP contribution in [-0.2, 0) is 4.74 Å². The zero-order chi connectivity index (χ0) is 22.2. The number of anilines is 1. The highest BCUT2D eigenvalue weighted by molar-refractivity contribution is 7.95. The zero-order valence-corrected chi connectivity index (χ0v) is 19.1. The summed E-state index contributed by atoms with van der Waals surface area (Å²) in [6.45, 7) is 10.7. The summed E-state index contributed by atoms with van der Waals surface area (Å²) < 4.78 is 12.3. The van der Waals surface area contributed by atoms with Crippen LogP contribution < -0.4 is 15.6 Å². The van der Waals surface area contributed by atoms with E-state index in [0.717, 1.165) is 31.6 Å². The fraction of sp³-hybridized carbons (Fsp3) is 0.524. The van der Waals surface area contributed by atoms with Crippen LogP contribution in [0.4, 0.5) is 5.69 Å². The highest BCUT2D eigenvalue weighted by atomic mass is 35.5. The Balaban J connectivity index is 1.52. The van der Waals surface area contributed by atoms with E-state index in [-0.39, 0.29) is 22.5 Å². The molecule has 3 rings (SSSR count). The Morgan fingerprint density at radius 3 is 2.90 bits per heavy atom. The van der Waals surface area contributed by atoms with E-state index in [0.29, 0.717) is 31.9 Å². The molecule has 3 heterocycles. The number of piperidine rings is 1. The number of nitrogens with one attached hydrogen (secondary N) is 2. The normalized spacial score (nSPS) is 23.0. The van der Waals surface area contributed by atoms with Crippen LogP contribution >= 0.6 is 23.7 Å². The van der Waals surface area contributed by atoms with Crippen molar-refractivity contribution in [1.29, 1.82) is 0 Å². The van der Waals surface area contributed by atoms with Crippen LogP contribution in [0.3, 0.4) is 0 Å². The summed E-state index contributed by atoms with van der Waals surface area (Å²) >= 11 is 7.86. The van der Waals surface area contributed by atoms with Crippen molar-refractivity contribution in [3.8, 4) is 0 Å². The molecule has 0 aliphatic carbocycles. The van der Waals surface area contributed by atoms with Crippen LogP contribution in [0.5, 0.6) is 0 Å². The molecule has 0 radical (unpaired) electrons. The van der Waals surface area contributed by atoms with Crippen molar-refractivity contribution in [2.45, 2.75) is 31.4 Å². The van der Waals surface area contributed by atoms with Crippen LogP contribution in [0.2, 0.25) is 5.02 Å². The summed E-state index contributed by atoms with van der Waals surface area (Å²) in [4.78, 5) is 12.8. The van der Waals surface area contributed by atoms with Gasteiger partial charge in [-0.2, -0.15) is 5.10 Å². The second-order valence-corrected chi connectivity index (χ2v) is 8.95. The molecule has 0 saturated carbocycles. The van der Waals surface area contributed by atoms with Crippen LogP contribution in [0.1, 0.15) is 25.3 Å². The lowest BCUT2D eigenvalue weighted by Crippen LogP contribution is -2.38. The van der Waals surface area contributed by atoms with E-state index >= 15 is 0 Å². The van der Waals surface area contributed by atoms with Gasteiger partial charge >= 0.3 is 0 Å². The van der Waals surface area contributed by atoms with Gasteiger partial charge in [-0.25, -0.2) is 8.99 Å². The Hall–Kier alpha value is -1.78. The van der Waals surface area contributed by atoms with Gasteiger partial charge in [0.15, 0.2) is 0 Å². The molecule has 170 valence electrons. The maximum Gasteiger partial charge on any atom is 0.287 e. The molecule has 2 saturated heterocycles. The fourth-order valence-electron chi connectivity index (χ4n) is 3.57. The lowest BCUT2D eigenvalue weighted by Gasteiger charge is -2.31. The van der Waals surface area contributed by atoms with Gasteiger partial charge in [0, 0.05) is 50.0 Å². The van der Waals surface area contributed by atoms with Gasteiger partial charge in [0.05, 0.1) is 30.6 Å². The molecule has 0 bridgehead atoms. The molecule has 0 aromatic carbocycles. The second-order valence-electron chi connectivity index (χ2n) is 7.67. The van der Waals surface area contributed by atoms with Gasteiger partial charge in [0.1, 0.15) is 5.02 Å². The van der Waals surface area contributed by atoms with Gasteiger partial charge in [0.25, 0.3) is 5.56 Å². The van der Waals surface area contributed by atoms with Gasteiger partial charge in [-0.05, 0) is 25.3 Å². The van der Waals surface area contributed by atoms with Crippen LogP contribution in [-0.4, -0.2) is 58.1 Å². The average molecular weight is 468 g/mol.